The van der Waals surface area contributed by atoms with Gasteiger partial charge in [0.05, 0.1) is 11.4 Å². The highest BCUT2D eigenvalue weighted by Crippen LogP contribution is 2.20. The predicted molar refractivity (Wildman–Crippen MR) is 74.9 cm³/mol. The molecule has 1 aliphatic rings. The molecule has 3 nitrogen and oxygen atoms in total. The fourth-order valence-corrected chi connectivity index (χ4v) is 2.14. The molecule has 3 N–H and O–H groups in total. The minimum Gasteiger partial charge on any atom is -0.384 e. The van der Waals surface area contributed by atoms with E-state index >= 15 is 0 Å². The number of nitrogens with zero attached hydrogens (tertiary/aromatic N) is 1. The zero-order valence-corrected chi connectivity index (χ0v) is 11.1. The van der Waals surface area contributed by atoms with Crippen molar-refractivity contribution < 1.29 is 0 Å². The molecule has 0 fully saturated rings. The number of pyridine rings is 1. The molecule has 0 spiro atoms. The van der Waals surface area contributed by atoms with E-state index in [0.29, 0.717) is 0 Å². The molecule has 0 atom stereocenters. The number of unbranched alkanes of at least 4 members (excludes halogenated alkanes) is 2. The fraction of sp³-hybridized carbons (Fsp3) is 0.615. The van der Waals surface area contributed by atoms with Crippen molar-refractivity contribution >= 4 is 18.1 Å². The lowest BCUT2D eigenvalue weighted by Crippen LogP contribution is -2.13. The number of anilines is 1. The highest BCUT2D eigenvalue weighted by atomic mass is 35.5. The van der Waals surface area contributed by atoms with E-state index < -0.39 is 0 Å². The maximum absolute atomic E-state index is 5.48. The molecular weight excluding hydrogens is 234 g/mol. The van der Waals surface area contributed by atoms with E-state index in [-0.39, 0.29) is 12.4 Å². The van der Waals surface area contributed by atoms with Crippen LogP contribution >= 0.6 is 12.4 Å². The average molecular weight is 256 g/mol. The van der Waals surface area contributed by atoms with Crippen molar-refractivity contribution in [3.63, 3.8) is 0 Å². The molecule has 17 heavy (non-hydrogen) atoms. The van der Waals surface area contributed by atoms with E-state index in [9.17, 15) is 0 Å². The highest BCUT2D eigenvalue weighted by Gasteiger charge is 2.09. The second-order valence-electron chi connectivity index (χ2n) is 4.43. The molecular formula is C13H22ClN3. The lowest BCUT2D eigenvalue weighted by Gasteiger charge is -2.17. The van der Waals surface area contributed by atoms with Crippen molar-refractivity contribution in [2.75, 3.05) is 18.4 Å². The Morgan fingerprint density at radius 2 is 2.12 bits per heavy atom. The Hall–Kier alpha value is -0.800. The van der Waals surface area contributed by atoms with E-state index in [1.807, 2.05) is 0 Å². The SMILES string of the molecule is Cl.NCCCCCc1ccc2c(n1)CCCN2. The van der Waals surface area contributed by atoms with Crippen LogP contribution in [0.5, 0.6) is 0 Å². The molecule has 2 rings (SSSR count). The van der Waals surface area contributed by atoms with E-state index in [1.165, 1.54) is 36.3 Å². The molecule has 1 aromatic heterocycles. The van der Waals surface area contributed by atoms with Crippen molar-refractivity contribution in [3.05, 3.63) is 23.5 Å². The number of aryl methyl sites for hydroxylation is 2. The Morgan fingerprint density at radius 1 is 1.24 bits per heavy atom. The number of fused-ring (bicyclic) bond motifs is 1. The van der Waals surface area contributed by atoms with Crippen LogP contribution in [-0.2, 0) is 12.8 Å². The van der Waals surface area contributed by atoms with Gasteiger partial charge in [0.25, 0.3) is 0 Å². The Morgan fingerprint density at radius 3 is 2.94 bits per heavy atom. The van der Waals surface area contributed by atoms with E-state index in [1.54, 1.807) is 0 Å². The van der Waals surface area contributed by atoms with Gasteiger partial charge in [0.1, 0.15) is 0 Å². The molecule has 0 saturated heterocycles. The van der Waals surface area contributed by atoms with Crippen LogP contribution in [0.2, 0.25) is 0 Å². The first kappa shape index (κ1) is 14.3. The second-order valence-corrected chi connectivity index (χ2v) is 4.43. The Bertz CT molecular complexity index is 341. The number of hydrogen-bond acceptors (Lipinski definition) is 3. The average Bonchev–Trinajstić information content (AvgIpc) is 2.34. The van der Waals surface area contributed by atoms with Gasteiger partial charge in [-0.2, -0.15) is 0 Å². The van der Waals surface area contributed by atoms with Crippen molar-refractivity contribution in [2.45, 2.75) is 38.5 Å². The summed E-state index contributed by atoms with van der Waals surface area (Å²) in [5.74, 6) is 0. The first-order chi connectivity index (χ1) is 7.90. The summed E-state index contributed by atoms with van der Waals surface area (Å²) >= 11 is 0. The first-order valence-electron chi connectivity index (χ1n) is 6.33. The number of nitrogens with one attached hydrogen (secondary N) is 1. The first-order valence-corrected chi connectivity index (χ1v) is 6.33. The van der Waals surface area contributed by atoms with Crippen LogP contribution in [0, 0.1) is 0 Å². The third kappa shape index (κ3) is 4.17. The third-order valence-electron chi connectivity index (χ3n) is 3.07. The van der Waals surface area contributed by atoms with Gasteiger partial charge in [-0.25, -0.2) is 0 Å². The summed E-state index contributed by atoms with van der Waals surface area (Å²) in [6.07, 6.45) is 6.97. The summed E-state index contributed by atoms with van der Waals surface area (Å²) in [7, 11) is 0. The van der Waals surface area contributed by atoms with Gasteiger partial charge in [-0.15, -0.1) is 12.4 Å². The van der Waals surface area contributed by atoms with Gasteiger partial charge in [0, 0.05) is 12.2 Å². The van der Waals surface area contributed by atoms with Crippen LogP contribution in [0.3, 0.4) is 0 Å². The Balaban J connectivity index is 0.00000144. The number of nitrogens with two attached hydrogens (primary N) is 1. The number of hydrogen-bond donors (Lipinski definition) is 2. The lowest BCUT2D eigenvalue weighted by molar-refractivity contribution is 0.675. The molecule has 0 aliphatic carbocycles. The maximum Gasteiger partial charge on any atom is 0.0638 e. The van der Waals surface area contributed by atoms with Gasteiger partial charge in [0.15, 0.2) is 0 Å². The van der Waals surface area contributed by atoms with Crippen molar-refractivity contribution in [1.82, 2.24) is 4.98 Å². The summed E-state index contributed by atoms with van der Waals surface area (Å²) < 4.78 is 0. The monoisotopic (exact) mass is 255 g/mol. The van der Waals surface area contributed by atoms with Gasteiger partial charge in [-0.1, -0.05) is 6.42 Å². The second kappa shape index (κ2) is 7.51. The summed E-state index contributed by atoms with van der Waals surface area (Å²) in [5, 5.41) is 3.39. The third-order valence-corrected chi connectivity index (χ3v) is 3.07. The van der Waals surface area contributed by atoms with Crippen LogP contribution < -0.4 is 11.1 Å². The van der Waals surface area contributed by atoms with Crippen LogP contribution in [-0.4, -0.2) is 18.1 Å². The van der Waals surface area contributed by atoms with E-state index in [4.69, 9.17) is 10.7 Å². The van der Waals surface area contributed by atoms with Gasteiger partial charge in [0.2, 0.25) is 0 Å². The summed E-state index contributed by atoms with van der Waals surface area (Å²) in [6, 6.07) is 4.33. The molecule has 0 radical (unpaired) electrons. The largest absolute Gasteiger partial charge is 0.384 e. The van der Waals surface area contributed by atoms with Crippen molar-refractivity contribution in [3.8, 4) is 0 Å². The summed E-state index contributed by atoms with van der Waals surface area (Å²) in [5.41, 5.74) is 9.20. The molecule has 2 heterocycles. The number of halogens is 1. The molecule has 0 amide bonds. The molecule has 0 aromatic carbocycles. The molecule has 4 heteroatoms. The predicted octanol–water partition coefficient (Wildman–Crippen LogP) is 2.53. The van der Waals surface area contributed by atoms with Gasteiger partial charge in [-0.05, 0) is 50.8 Å². The molecule has 0 unspecified atom stereocenters. The van der Waals surface area contributed by atoms with Crippen molar-refractivity contribution in [2.24, 2.45) is 5.73 Å². The van der Waals surface area contributed by atoms with Gasteiger partial charge in [-0.3, -0.25) is 4.98 Å². The molecule has 1 aliphatic heterocycles. The number of rotatable bonds is 5. The smallest absolute Gasteiger partial charge is 0.0638 e. The van der Waals surface area contributed by atoms with Crippen LogP contribution in [0.25, 0.3) is 0 Å². The standard InChI is InChI=1S/C13H21N3.ClH/c14-9-3-1-2-5-11-7-8-12-13(16-11)6-4-10-15-12;/h7-8,15H,1-6,9-10,14H2;1H. The number of aromatic nitrogens is 1. The summed E-state index contributed by atoms with van der Waals surface area (Å²) in [4.78, 5) is 4.72. The zero-order valence-electron chi connectivity index (χ0n) is 10.2. The van der Waals surface area contributed by atoms with Gasteiger partial charge >= 0.3 is 0 Å². The molecule has 96 valence electrons. The summed E-state index contributed by atoms with van der Waals surface area (Å²) in [6.45, 7) is 1.89. The highest BCUT2D eigenvalue weighted by molar-refractivity contribution is 5.85. The molecule has 0 bridgehead atoms. The molecule has 1 aromatic rings. The zero-order chi connectivity index (χ0) is 11.2. The lowest BCUT2D eigenvalue weighted by atomic mass is 10.1. The maximum atomic E-state index is 5.48. The van der Waals surface area contributed by atoms with E-state index in [2.05, 4.69) is 17.4 Å². The minimum atomic E-state index is 0. The van der Waals surface area contributed by atoms with Crippen LogP contribution in [0.15, 0.2) is 12.1 Å². The van der Waals surface area contributed by atoms with Crippen molar-refractivity contribution in [1.29, 1.82) is 0 Å². The van der Waals surface area contributed by atoms with Crippen LogP contribution in [0.1, 0.15) is 37.1 Å². The quantitative estimate of drug-likeness (QED) is 0.795. The molecule has 0 saturated carbocycles. The van der Waals surface area contributed by atoms with Crippen LogP contribution in [0.4, 0.5) is 5.69 Å². The van der Waals surface area contributed by atoms with Gasteiger partial charge < -0.3 is 11.1 Å². The fourth-order valence-electron chi connectivity index (χ4n) is 2.14. The Labute approximate surface area is 110 Å². The topological polar surface area (TPSA) is 50.9 Å². The normalized spacial score (nSPS) is 13.5. The minimum absolute atomic E-state index is 0. The van der Waals surface area contributed by atoms with E-state index in [0.717, 1.165) is 32.4 Å². The Kier molecular flexibility index (Phi) is 6.30.